The molecule has 0 bridgehead atoms. The lowest BCUT2D eigenvalue weighted by Gasteiger charge is -2.34. The first-order valence-electron chi connectivity index (χ1n) is 10.5. The predicted molar refractivity (Wildman–Crippen MR) is 120 cm³/mol. The molecule has 0 unspecified atom stereocenters. The summed E-state index contributed by atoms with van der Waals surface area (Å²) >= 11 is 3.52. The quantitative estimate of drug-likeness (QED) is 0.639. The van der Waals surface area contributed by atoms with E-state index in [1.165, 1.54) is 0 Å². The van der Waals surface area contributed by atoms with Gasteiger partial charge in [-0.15, -0.1) is 0 Å². The summed E-state index contributed by atoms with van der Waals surface area (Å²) in [6.07, 6.45) is 6.98. The molecule has 1 aliphatic carbocycles. The summed E-state index contributed by atoms with van der Waals surface area (Å²) in [5.41, 5.74) is 2.95. The second-order valence-corrected chi connectivity index (χ2v) is 9.26. The minimum absolute atomic E-state index is 0.0333. The SMILES string of the molecule is CCCN(CCNC(=O)CN1CC2(CC2)c2cc(Br)ccc2C1=O)c1cnn(C)c1. The predicted octanol–water partition coefficient (Wildman–Crippen LogP) is 2.70. The number of anilines is 1. The number of hydrogen-bond acceptors (Lipinski definition) is 4. The molecule has 2 heterocycles. The van der Waals surface area contributed by atoms with Crippen LogP contribution in [0.1, 0.15) is 42.1 Å². The lowest BCUT2D eigenvalue weighted by molar-refractivity contribution is -0.121. The van der Waals surface area contributed by atoms with Gasteiger partial charge in [0, 0.05) is 54.9 Å². The van der Waals surface area contributed by atoms with Gasteiger partial charge >= 0.3 is 0 Å². The van der Waals surface area contributed by atoms with Gasteiger partial charge in [0.15, 0.2) is 0 Å². The second kappa shape index (κ2) is 8.41. The van der Waals surface area contributed by atoms with Gasteiger partial charge in [0.1, 0.15) is 0 Å². The van der Waals surface area contributed by atoms with Gasteiger partial charge < -0.3 is 15.1 Å². The Balaban J connectivity index is 1.34. The van der Waals surface area contributed by atoms with Crippen LogP contribution in [0.4, 0.5) is 5.69 Å². The van der Waals surface area contributed by atoms with Gasteiger partial charge in [0.2, 0.25) is 5.91 Å². The van der Waals surface area contributed by atoms with Crippen molar-refractivity contribution in [3.05, 3.63) is 46.2 Å². The van der Waals surface area contributed by atoms with Crippen molar-refractivity contribution in [2.45, 2.75) is 31.6 Å². The third kappa shape index (κ3) is 4.24. The number of rotatable bonds is 8. The van der Waals surface area contributed by atoms with Crippen LogP contribution < -0.4 is 10.2 Å². The van der Waals surface area contributed by atoms with Gasteiger partial charge in [-0.05, 0) is 43.0 Å². The molecule has 2 aliphatic rings. The maximum absolute atomic E-state index is 12.9. The van der Waals surface area contributed by atoms with E-state index < -0.39 is 0 Å². The molecule has 0 saturated heterocycles. The highest BCUT2D eigenvalue weighted by atomic mass is 79.9. The van der Waals surface area contributed by atoms with Crippen molar-refractivity contribution in [2.24, 2.45) is 7.05 Å². The number of aromatic nitrogens is 2. The molecule has 30 heavy (non-hydrogen) atoms. The molecule has 2 amide bonds. The lowest BCUT2D eigenvalue weighted by atomic mass is 9.86. The third-order valence-corrected chi connectivity index (χ3v) is 6.50. The molecule has 1 aromatic heterocycles. The first-order valence-corrected chi connectivity index (χ1v) is 11.3. The molecule has 8 heteroatoms. The van der Waals surface area contributed by atoms with Crippen molar-refractivity contribution in [2.75, 3.05) is 37.6 Å². The Kier molecular flexibility index (Phi) is 5.86. The van der Waals surface area contributed by atoms with E-state index in [-0.39, 0.29) is 23.8 Å². The Morgan fingerprint density at radius 2 is 2.13 bits per heavy atom. The molecule has 160 valence electrons. The number of nitrogens with one attached hydrogen (secondary N) is 1. The number of aryl methyl sites for hydroxylation is 1. The van der Waals surface area contributed by atoms with Crippen LogP contribution in [0.2, 0.25) is 0 Å². The van der Waals surface area contributed by atoms with E-state index in [0.717, 1.165) is 47.1 Å². The number of halogens is 1. The smallest absolute Gasteiger partial charge is 0.254 e. The van der Waals surface area contributed by atoms with E-state index >= 15 is 0 Å². The van der Waals surface area contributed by atoms with Crippen LogP contribution in [0.5, 0.6) is 0 Å². The fourth-order valence-corrected chi connectivity index (χ4v) is 4.67. The maximum atomic E-state index is 12.9. The summed E-state index contributed by atoms with van der Waals surface area (Å²) in [4.78, 5) is 29.5. The Bertz CT molecular complexity index is 953. The third-order valence-electron chi connectivity index (χ3n) is 6.01. The highest BCUT2D eigenvalue weighted by Gasteiger charge is 2.51. The molecule has 4 rings (SSSR count). The van der Waals surface area contributed by atoms with Gasteiger partial charge in [-0.1, -0.05) is 22.9 Å². The average Bonchev–Trinajstić information content (AvgIpc) is 3.36. The minimum atomic E-state index is -0.109. The first-order chi connectivity index (χ1) is 14.4. The van der Waals surface area contributed by atoms with Gasteiger partial charge in [0.25, 0.3) is 5.91 Å². The molecule has 1 aliphatic heterocycles. The van der Waals surface area contributed by atoms with Crippen LogP contribution >= 0.6 is 15.9 Å². The minimum Gasteiger partial charge on any atom is -0.367 e. The Hall–Kier alpha value is -2.35. The molecule has 1 saturated carbocycles. The highest BCUT2D eigenvalue weighted by molar-refractivity contribution is 9.10. The standard InChI is InChI=1S/C22H28BrN5O2/c1-3-9-27(17-12-25-26(2)13-17)10-8-24-20(29)14-28-15-22(6-7-22)19-11-16(23)4-5-18(19)21(28)30/h4-5,11-13H,3,6-10,14-15H2,1-2H3,(H,24,29). The van der Waals surface area contributed by atoms with Crippen LogP contribution in [0.3, 0.4) is 0 Å². The van der Waals surface area contributed by atoms with Crippen LogP contribution in [0.15, 0.2) is 35.1 Å². The summed E-state index contributed by atoms with van der Waals surface area (Å²) in [5, 5.41) is 7.22. The van der Waals surface area contributed by atoms with E-state index in [9.17, 15) is 9.59 Å². The van der Waals surface area contributed by atoms with Gasteiger partial charge in [-0.2, -0.15) is 5.10 Å². The number of nitrogens with zero attached hydrogens (tertiary/aromatic N) is 4. The van der Waals surface area contributed by atoms with Gasteiger partial charge in [-0.3, -0.25) is 14.3 Å². The topological polar surface area (TPSA) is 70.5 Å². The molecule has 1 spiro atoms. The largest absolute Gasteiger partial charge is 0.367 e. The molecule has 0 atom stereocenters. The van der Waals surface area contributed by atoms with Crippen LogP contribution in [-0.4, -0.2) is 59.2 Å². The Morgan fingerprint density at radius 3 is 2.80 bits per heavy atom. The molecule has 1 fully saturated rings. The molecule has 7 nitrogen and oxygen atoms in total. The van der Waals surface area contributed by atoms with Crippen molar-refractivity contribution in [3.63, 3.8) is 0 Å². The highest BCUT2D eigenvalue weighted by Crippen LogP contribution is 2.52. The van der Waals surface area contributed by atoms with Crippen molar-refractivity contribution in [1.82, 2.24) is 20.0 Å². The fourth-order valence-electron chi connectivity index (χ4n) is 4.31. The molecular formula is C22H28BrN5O2. The van der Waals surface area contributed by atoms with Crippen LogP contribution in [0, 0.1) is 0 Å². The Labute approximate surface area is 185 Å². The number of carbonyl (C=O) groups excluding carboxylic acids is 2. The zero-order valence-corrected chi connectivity index (χ0v) is 19.1. The fraction of sp³-hybridized carbons (Fsp3) is 0.500. The van der Waals surface area contributed by atoms with Crippen molar-refractivity contribution >= 4 is 33.4 Å². The van der Waals surface area contributed by atoms with E-state index in [2.05, 4.69) is 44.2 Å². The Morgan fingerprint density at radius 1 is 1.33 bits per heavy atom. The monoisotopic (exact) mass is 473 g/mol. The van der Waals surface area contributed by atoms with E-state index in [1.807, 2.05) is 31.6 Å². The number of hydrogen-bond donors (Lipinski definition) is 1. The average molecular weight is 474 g/mol. The number of fused-ring (bicyclic) bond motifs is 2. The summed E-state index contributed by atoms with van der Waals surface area (Å²) in [5.74, 6) is -0.157. The normalized spacial score (nSPS) is 16.5. The maximum Gasteiger partial charge on any atom is 0.254 e. The van der Waals surface area contributed by atoms with E-state index in [4.69, 9.17) is 0 Å². The number of amides is 2. The zero-order valence-electron chi connectivity index (χ0n) is 17.5. The van der Waals surface area contributed by atoms with Crippen molar-refractivity contribution < 1.29 is 9.59 Å². The zero-order chi connectivity index (χ0) is 21.3. The lowest BCUT2D eigenvalue weighted by Crippen LogP contribution is -2.48. The van der Waals surface area contributed by atoms with Gasteiger partial charge in [-0.25, -0.2) is 0 Å². The summed E-state index contributed by atoms with van der Waals surface area (Å²) in [7, 11) is 1.90. The summed E-state index contributed by atoms with van der Waals surface area (Å²) < 4.78 is 2.78. The first kappa shape index (κ1) is 20.9. The summed E-state index contributed by atoms with van der Waals surface area (Å²) in [6, 6.07) is 5.85. The van der Waals surface area contributed by atoms with Crippen molar-refractivity contribution in [3.8, 4) is 0 Å². The number of benzene rings is 1. The van der Waals surface area contributed by atoms with Crippen LogP contribution in [-0.2, 0) is 17.3 Å². The van der Waals surface area contributed by atoms with Crippen molar-refractivity contribution in [1.29, 1.82) is 0 Å². The molecule has 1 N–H and O–H groups in total. The van der Waals surface area contributed by atoms with Crippen LogP contribution in [0.25, 0.3) is 0 Å². The second-order valence-electron chi connectivity index (χ2n) is 8.34. The molecular weight excluding hydrogens is 446 g/mol. The summed E-state index contributed by atoms with van der Waals surface area (Å²) in [6.45, 7) is 5.01. The van der Waals surface area contributed by atoms with E-state index in [0.29, 0.717) is 19.6 Å². The van der Waals surface area contributed by atoms with Gasteiger partial charge in [0.05, 0.1) is 18.4 Å². The number of carbonyl (C=O) groups is 2. The molecule has 1 aromatic carbocycles. The molecule has 0 radical (unpaired) electrons. The molecule has 2 aromatic rings. The van der Waals surface area contributed by atoms with E-state index in [1.54, 1.807) is 9.58 Å².